The van der Waals surface area contributed by atoms with Crippen molar-refractivity contribution in [2.24, 2.45) is 0 Å². The minimum Gasteiger partial charge on any atom is -0.242 e. The third-order valence-corrected chi connectivity index (χ3v) is 3.60. The average Bonchev–Trinajstić information content (AvgIpc) is 2.03. The molecule has 0 saturated heterocycles. The van der Waals surface area contributed by atoms with Gasteiger partial charge in [0.15, 0.2) is 0 Å². The highest BCUT2D eigenvalue weighted by molar-refractivity contribution is 7.84. The van der Waals surface area contributed by atoms with Gasteiger partial charge in [0.05, 0.1) is 15.7 Å². The van der Waals surface area contributed by atoms with Crippen LogP contribution in [-0.4, -0.2) is 15.0 Å². The second-order valence-corrected chi connectivity index (χ2v) is 6.54. The fourth-order valence-electron chi connectivity index (χ4n) is 0.931. The molecule has 0 aromatic carbocycles. The van der Waals surface area contributed by atoms with Gasteiger partial charge in [-0.05, 0) is 47.5 Å². The van der Waals surface area contributed by atoms with Crippen molar-refractivity contribution >= 4 is 11.0 Å². The molecule has 0 aliphatic carbocycles. The third-order valence-electron chi connectivity index (χ3n) is 1.87. The van der Waals surface area contributed by atoms with Crippen molar-refractivity contribution in [2.75, 3.05) is 0 Å². The first kappa shape index (κ1) is 13.8. The Bertz CT molecular complexity index is 206. The Morgan fingerprint density at radius 1 is 1.43 bits per heavy atom. The molecule has 0 aromatic heterocycles. The Kier molecular flexibility index (Phi) is 6.29. The summed E-state index contributed by atoms with van der Waals surface area (Å²) in [5.74, 6) is 0. The van der Waals surface area contributed by atoms with Crippen molar-refractivity contribution in [3.8, 4) is 0 Å². The first-order chi connectivity index (χ1) is 6.38. The Labute approximate surface area is 90.8 Å². The minimum atomic E-state index is -0.947. The van der Waals surface area contributed by atoms with Gasteiger partial charge in [-0.1, -0.05) is 12.2 Å². The molecule has 0 fully saturated rings. The molecule has 84 valence electrons. The van der Waals surface area contributed by atoms with E-state index in [0.717, 1.165) is 12.8 Å². The van der Waals surface area contributed by atoms with Crippen molar-refractivity contribution in [1.82, 2.24) is 4.72 Å². The number of allylic oxidation sites excluding steroid dienone is 2. The van der Waals surface area contributed by atoms with Gasteiger partial charge in [0, 0.05) is 6.04 Å². The van der Waals surface area contributed by atoms with Crippen LogP contribution in [-0.2, 0) is 11.0 Å². The zero-order chi connectivity index (χ0) is 11.2. The quantitative estimate of drug-likeness (QED) is 0.705. The first-order valence-electron chi connectivity index (χ1n) is 5.17. The van der Waals surface area contributed by atoms with Crippen LogP contribution in [0.15, 0.2) is 12.2 Å². The van der Waals surface area contributed by atoms with Crippen molar-refractivity contribution in [1.29, 1.82) is 0 Å². The van der Waals surface area contributed by atoms with Gasteiger partial charge in [-0.15, -0.1) is 0 Å². The van der Waals surface area contributed by atoms with Crippen molar-refractivity contribution in [3.63, 3.8) is 0 Å². The van der Waals surface area contributed by atoms with Crippen molar-refractivity contribution in [3.05, 3.63) is 12.2 Å². The largest absolute Gasteiger partial charge is 0.242 e. The molecular weight excluding hydrogens is 194 g/mol. The highest BCUT2D eigenvalue weighted by Gasteiger charge is 2.20. The van der Waals surface area contributed by atoms with Crippen molar-refractivity contribution in [2.45, 2.75) is 58.2 Å². The smallest absolute Gasteiger partial charge is 0.0972 e. The summed E-state index contributed by atoms with van der Waals surface area (Å²) in [4.78, 5) is 0. The van der Waals surface area contributed by atoms with E-state index in [0.29, 0.717) is 6.04 Å². The van der Waals surface area contributed by atoms with E-state index in [1.807, 2.05) is 33.8 Å². The molecule has 3 heteroatoms. The first-order valence-corrected chi connectivity index (χ1v) is 6.32. The van der Waals surface area contributed by atoms with E-state index >= 15 is 0 Å². The number of rotatable bonds is 5. The van der Waals surface area contributed by atoms with Crippen LogP contribution in [0.3, 0.4) is 0 Å². The maximum Gasteiger partial charge on any atom is 0.0972 e. The highest BCUT2D eigenvalue weighted by Crippen LogP contribution is 2.10. The molecule has 1 N–H and O–H groups in total. The topological polar surface area (TPSA) is 29.1 Å². The standard InChI is InChI=1S/C11H23NOS/c1-6-7-8-9-10(2)12-14(13)11(3,4)5/h6-7,10,12H,8-9H2,1-5H3/b7-6-/t10-,14?/m0/s1. The van der Waals surface area contributed by atoms with Crippen LogP contribution in [0.2, 0.25) is 0 Å². The molecule has 0 rings (SSSR count). The molecule has 0 radical (unpaired) electrons. The summed E-state index contributed by atoms with van der Waals surface area (Å²) in [5, 5.41) is 0. The second-order valence-electron chi connectivity index (χ2n) is 4.55. The zero-order valence-electron chi connectivity index (χ0n) is 9.96. The molecule has 0 saturated carbocycles. The maximum atomic E-state index is 11.7. The minimum absolute atomic E-state index is 0.172. The van der Waals surface area contributed by atoms with Gasteiger partial charge in [-0.3, -0.25) is 0 Å². The van der Waals surface area contributed by atoms with Gasteiger partial charge in [0.25, 0.3) is 0 Å². The lowest BCUT2D eigenvalue weighted by Crippen LogP contribution is -2.38. The fourth-order valence-corrected chi connectivity index (χ4v) is 1.77. The average molecular weight is 217 g/mol. The Morgan fingerprint density at radius 3 is 2.43 bits per heavy atom. The van der Waals surface area contributed by atoms with Crippen LogP contribution in [0, 0.1) is 0 Å². The van der Waals surface area contributed by atoms with Crippen LogP contribution in [0.25, 0.3) is 0 Å². The highest BCUT2D eigenvalue weighted by atomic mass is 32.2. The van der Waals surface area contributed by atoms with Gasteiger partial charge < -0.3 is 0 Å². The Balaban J connectivity index is 3.83. The summed E-state index contributed by atoms with van der Waals surface area (Å²) >= 11 is 0. The van der Waals surface area contributed by atoms with Crippen LogP contribution >= 0.6 is 0 Å². The predicted molar refractivity (Wildman–Crippen MR) is 64.5 cm³/mol. The molecule has 0 aliphatic heterocycles. The normalized spacial score (nSPS) is 17.2. The lowest BCUT2D eigenvalue weighted by molar-refractivity contribution is 0.585. The molecule has 0 aromatic rings. The van der Waals surface area contributed by atoms with Gasteiger partial charge in [0.1, 0.15) is 0 Å². The fraction of sp³-hybridized carbons (Fsp3) is 0.818. The lowest BCUT2D eigenvalue weighted by Gasteiger charge is -2.21. The summed E-state index contributed by atoms with van der Waals surface area (Å²) in [7, 11) is -0.947. The molecule has 0 heterocycles. The number of nitrogens with one attached hydrogen (secondary N) is 1. The van der Waals surface area contributed by atoms with E-state index in [4.69, 9.17) is 0 Å². The van der Waals surface area contributed by atoms with Gasteiger partial charge in [-0.25, -0.2) is 8.93 Å². The van der Waals surface area contributed by atoms with E-state index in [-0.39, 0.29) is 4.75 Å². The maximum absolute atomic E-state index is 11.7. The number of hydrogen-bond acceptors (Lipinski definition) is 1. The van der Waals surface area contributed by atoms with E-state index in [9.17, 15) is 4.21 Å². The molecule has 0 spiro atoms. The van der Waals surface area contributed by atoms with E-state index < -0.39 is 11.0 Å². The van der Waals surface area contributed by atoms with Crippen LogP contribution < -0.4 is 4.72 Å². The summed E-state index contributed by atoms with van der Waals surface area (Å²) in [5.41, 5.74) is 0. The summed E-state index contributed by atoms with van der Waals surface area (Å²) < 4.78 is 14.6. The third kappa shape index (κ3) is 6.33. The van der Waals surface area contributed by atoms with Gasteiger partial charge in [0.2, 0.25) is 0 Å². The van der Waals surface area contributed by atoms with Crippen LogP contribution in [0.5, 0.6) is 0 Å². The molecule has 0 aliphatic rings. The van der Waals surface area contributed by atoms with Crippen LogP contribution in [0.1, 0.15) is 47.5 Å². The molecule has 2 atom stereocenters. The lowest BCUT2D eigenvalue weighted by atomic mass is 10.2. The Morgan fingerprint density at radius 2 is 2.00 bits per heavy atom. The van der Waals surface area contributed by atoms with E-state index in [2.05, 4.69) is 17.7 Å². The van der Waals surface area contributed by atoms with E-state index in [1.54, 1.807) is 0 Å². The summed E-state index contributed by atoms with van der Waals surface area (Å²) in [6, 6.07) is 0.311. The molecular formula is C11H23NOS. The SMILES string of the molecule is C/C=C\CC[C@H](C)NS(=O)C(C)(C)C. The monoisotopic (exact) mass is 217 g/mol. The molecule has 1 unspecified atom stereocenters. The predicted octanol–water partition coefficient (Wildman–Crippen LogP) is 2.78. The summed E-state index contributed by atoms with van der Waals surface area (Å²) in [6.07, 6.45) is 6.27. The molecule has 2 nitrogen and oxygen atoms in total. The molecule has 0 bridgehead atoms. The van der Waals surface area contributed by atoms with Crippen molar-refractivity contribution < 1.29 is 4.21 Å². The zero-order valence-corrected chi connectivity index (χ0v) is 10.8. The van der Waals surface area contributed by atoms with Gasteiger partial charge in [-0.2, -0.15) is 0 Å². The van der Waals surface area contributed by atoms with Gasteiger partial charge >= 0.3 is 0 Å². The van der Waals surface area contributed by atoms with Crippen LogP contribution in [0.4, 0.5) is 0 Å². The molecule has 14 heavy (non-hydrogen) atoms. The summed E-state index contributed by atoms with van der Waals surface area (Å²) in [6.45, 7) is 10.0. The second kappa shape index (κ2) is 6.36. The van der Waals surface area contributed by atoms with E-state index in [1.165, 1.54) is 0 Å². The Hall–Kier alpha value is -0.150. The number of hydrogen-bond donors (Lipinski definition) is 1. The molecule has 0 amide bonds.